The van der Waals surface area contributed by atoms with E-state index in [-0.39, 0.29) is 5.78 Å². The molecule has 0 N–H and O–H groups in total. The third-order valence-corrected chi connectivity index (χ3v) is 5.92. The van der Waals surface area contributed by atoms with Gasteiger partial charge in [-0.05, 0) is 51.8 Å². The smallest absolute Gasteiger partial charge is 0.209 e. The van der Waals surface area contributed by atoms with Crippen molar-refractivity contribution in [1.82, 2.24) is 19.3 Å². The molecule has 27 heavy (non-hydrogen) atoms. The molecule has 0 saturated heterocycles. The van der Waals surface area contributed by atoms with Gasteiger partial charge < -0.3 is 4.57 Å². The molecule has 6 heteroatoms. The maximum Gasteiger partial charge on any atom is 0.209 e. The van der Waals surface area contributed by atoms with Crippen LogP contribution in [0.1, 0.15) is 53.3 Å². The summed E-state index contributed by atoms with van der Waals surface area (Å²) in [5.41, 5.74) is 4.01. The Labute approximate surface area is 163 Å². The molecule has 0 atom stereocenters. The van der Waals surface area contributed by atoms with Gasteiger partial charge in [0.25, 0.3) is 0 Å². The molecule has 1 aromatic carbocycles. The highest BCUT2D eigenvalue weighted by molar-refractivity contribution is 7.99. The van der Waals surface area contributed by atoms with Crippen molar-refractivity contribution in [3.8, 4) is 5.69 Å². The Morgan fingerprint density at radius 3 is 2.59 bits per heavy atom. The highest BCUT2D eigenvalue weighted by Crippen LogP contribution is 2.40. The van der Waals surface area contributed by atoms with Crippen molar-refractivity contribution in [2.45, 2.75) is 51.2 Å². The second-order valence-corrected chi connectivity index (χ2v) is 7.96. The van der Waals surface area contributed by atoms with Crippen LogP contribution in [0.25, 0.3) is 5.69 Å². The Morgan fingerprint density at radius 2 is 1.96 bits per heavy atom. The standard InChI is InChI=1S/C21H24N4OS/c1-4-24-14(2)12-18(15(24)3)19(26)13-27-21-22-20(16-10-11-16)25(23-21)17-8-6-5-7-9-17/h5-9,12,16H,4,10-11,13H2,1-3H3. The number of thioether (sulfide) groups is 1. The van der Waals surface area contributed by atoms with Crippen molar-refractivity contribution in [2.24, 2.45) is 0 Å². The zero-order valence-electron chi connectivity index (χ0n) is 16.0. The summed E-state index contributed by atoms with van der Waals surface area (Å²) in [4.78, 5) is 17.5. The molecular weight excluding hydrogens is 356 g/mol. The van der Waals surface area contributed by atoms with Crippen LogP contribution >= 0.6 is 11.8 Å². The van der Waals surface area contributed by atoms with E-state index in [2.05, 4.69) is 16.6 Å². The lowest BCUT2D eigenvalue weighted by atomic mass is 10.2. The first kappa shape index (κ1) is 18.0. The monoisotopic (exact) mass is 380 g/mol. The summed E-state index contributed by atoms with van der Waals surface area (Å²) in [6, 6.07) is 12.1. The average molecular weight is 381 g/mol. The molecule has 1 aliphatic rings. The van der Waals surface area contributed by atoms with Gasteiger partial charge in [0.05, 0.1) is 11.4 Å². The normalized spacial score (nSPS) is 13.9. The second kappa shape index (κ2) is 7.35. The lowest BCUT2D eigenvalue weighted by molar-refractivity contribution is 0.102. The molecule has 0 amide bonds. The number of hydrogen-bond donors (Lipinski definition) is 0. The van der Waals surface area contributed by atoms with Crippen molar-refractivity contribution in [2.75, 3.05) is 5.75 Å². The second-order valence-electron chi connectivity index (χ2n) is 7.02. The largest absolute Gasteiger partial charge is 0.349 e. The molecule has 0 bridgehead atoms. The van der Waals surface area contributed by atoms with Gasteiger partial charge >= 0.3 is 0 Å². The lowest BCUT2D eigenvalue weighted by Gasteiger charge is -2.05. The van der Waals surface area contributed by atoms with Crippen molar-refractivity contribution in [3.63, 3.8) is 0 Å². The zero-order chi connectivity index (χ0) is 19.0. The topological polar surface area (TPSA) is 52.7 Å². The molecule has 0 aliphatic heterocycles. The van der Waals surface area contributed by atoms with Crippen LogP contribution in [0, 0.1) is 13.8 Å². The van der Waals surface area contributed by atoms with Gasteiger partial charge in [0.2, 0.25) is 5.16 Å². The van der Waals surface area contributed by atoms with E-state index in [1.54, 1.807) is 0 Å². The maximum absolute atomic E-state index is 12.7. The molecule has 0 radical (unpaired) electrons. The Balaban J connectivity index is 1.53. The number of carbonyl (C=O) groups is 1. The first-order valence-corrected chi connectivity index (χ1v) is 10.4. The van der Waals surface area contributed by atoms with Gasteiger partial charge in [-0.15, -0.1) is 5.10 Å². The molecule has 1 saturated carbocycles. The molecule has 1 fully saturated rings. The summed E-state index contributed by atoms with van der Waals surface area (Å²) >= 11 is 1.43. The Hall–Kier alpha value is -2.34. The summed E-state index contributed by atoms with van der Waals surface area (Å²) in [6.45, 7) is 7.04. The van der Waals surface area contributed by atoms with Gasteiger partial charge in [0, 0.05) is 29.4 Å². The minimum atomic E-state index is 0.136. The predicted molar refractivity (Wildman–Crippen MR) is 108 cm³/mol. The molecule has 2 aromatic heterocycles. The zero-order valence-corrected chi connectivity index (χ0v) is 16.8. The van der Waals surface area contributed by atoms with Crippen LogP contribution in [-0.2, 0) is 6.54 Å². The van der Waals surface area contributed by atoms with Crippen LogP contribution in [0.3, 0.4) is 0 Å². The Morgan fingerprint density at radius 1 is 1.22 bits per heavy atom. The number of Topliss-reactive ketones (excluding diaryl/α,β-unsaturated/α-hetero) is 1. The number of hydrogen-bond acceptors (Lipinski definition) is 4. The van der Waals surface area contributed by atoms with Crippen LogP contribution in [-0.4, -0.2) is 30.9 Å². The summed E-state index contributed by atoms with van der Waals surface area (Å²) in [6.07, 6.45) is 2.33. The minimum Gasteiger partial charge on any atom is -0.349 e. The number of para-hydroxylation sites is 1. The van der Waals surface area contributed by atoms with Crippen molar-refractivity contribution in [1.29, 1.82) is 0 Å². The van der Waals surface area contributed by atoms with E-state index < -0.39 is 0 Å². The summed E-state index contributed by atoms with van der Waals surface area (Å²) in [5.74, 6) is 2.00. The van der Waals surface area contributed by atoms with Crippen LogP contribution in [0.15, 0.2) is 41.6 Å². The van der Waals surface area contributed by atoms with Crippen LogP contribution in [0.4, 0.5) is 0 Å². The molecule has 2 heterocycles. The fraction of sp³-hybridized carbons (Fsp3) is 0.381. The fourth-order valence-corrected chi connectivity index (χ4v) is 4.22. The van der Waals surface area contributed by atoms with E-state index in [0.29, 0.717) is 16.8 Å². The molecule has 3 aromatic rings. The lowest BCUT2D eigenvalue weighted by Crippen LogP contribution is -2.06. The highest BCUT2D eigenvalue weighted by atomic mass is 32.2. The van der Waals surface area contributed by atoms with Crippen LogP contribution < -0.4 is 0 Å². The summed E-state index contributed by atoms with van der Waals surface area (Å²) < 4.78 is 4.11. The van der Waals surface area contributed by atoms with Gasteiger partial charge in [-0.1, -0.05) is 30.0 Å². The van der Waals surface area contributed by atoms with Gasteiger partial charge in [-0.25, -0.2) is 9.67 Å². The minimum absolute atomic E-state index is 0.136. The van der Waals surface area contributed by atoms with E-state index in [1.165, 1.54) is 11.8 Å². The Bertz CT molecular complexity index is 970. The van der Waals surface area contributed by atoms with Crippen LogP contribution in [0.2, 0.25) is 0 Å². The SMILES string of the molecule is CCn1c(C)cc(C(=O)CSc2nc(C3CC3)n(-c3ccccc3)n2)c1C. The molecule has 140 valence electrons. The highest BCUT2D eigenvalue weighted by Gasteiger charge is 2.30. The van der Waals surface area contributed by atoms with E-state index >= 15 is 0 Å². The molecule has 0 unspecified atom stereocenters. The third-order valence-electron chi connectivity index (χ3n) is 5.08. The van der Waals surface area contributed by atoms with Gasteiger partial charge in [-0.3, -0.25) is 4.79 Å². The molecular formula is C21H24N4OS. The third kappa shape index (κ3) is 3.58. The Kier molecular flexibility index (Phi) is 4.91. The van der Waals surface area contributed by atoms with Gasteiger partial charge in [0.15, 0.2) is 5.78 Å². The average Bonchev–Trinajstić information content (AvgIpc) is 3.37. The van der Waals surface area contributed by atoms with Crippen molar-refractivity contribution >= 4 is 17.5 Å². The number of aryl methyl sites for hydroxylation is 1. The molecule has 5 nitrogen and oxygen atoms in total. The maximum atomic E-state index is 12.7. The van der Waals surface area contributed by atoms with Gasteiger partial charge in [0.1, 0.15) is 5.82 Å². The first-order valence-electron chi connectivity index (χ1n) is 9.43. The number of benzene rings is 1. The molecule has 0 spiro atoms. The molecule has 1 aliphatic carbocycles. The summed E-state index contributed by atoms with van der Waals surface area (Å²) in [7, 11) is 0. The quantitative estimate of drug-likeness (QED) is 0.445. The number of nitrogens with zero attached hydrogens (tertiary/aromatic N) is 4. The van der Waals surface area contributed by atoms with E-state index in [9.17, 15) is 4.79 Å². The van der Waals surface area contributed by atoms with Gasteiger partial charge in [-0.2, -0.15) is 0 Å². The number of carbonyl (C=O) groups excluding carboxylic acids is 1. The fourth-order valence-electron chi connectivity index (χ4n) is 3.51. The number of ketones is 1. The van der Waals surface area contributed by atoms with E-state index in [4.69, 9.17) is 4.98 Å². The first-order chi connectivity index (χ1) is 13.1. The number of aromatic nitrogens is 4. The van der Waals surface area contributed by atoms with Crippen molar-refractivity contribution < 1.29 is 4.79 Å². The summed E-state index contributed by atoms with van der Waals surface area (Å²) in [5, 5.41) is 5.36. The van der Waals surface area contributed by atoms with Crippen molar-refractivity contribution in [3.05, 3.63) is 59.2 Å². The van der Waals surface area contributed by atoms with E-state index in [0.717, 1.165) is 47.8 Å². The molecule has 4 rings (SSSR count). The van der Waals surface area contributed by atoms with Crippen LogP contribution in [0.5, 0.6) is 0 Å². The predicted octanol–water partition coefficient (Wildman–Crippen LogP) is 4.56. The number of rotatable bonds is 7. The van der Waals surface area contributed by atoms with E-state index in [1.807, 2.05) is 54.9 Å².